The largest absolute Gasteiger partial charge is 0.352 e. The van der Waals surface area contributed by atoms with E-state index in [0.717, 1.165) is 5.69 Å². The molecule has 0 aliphatic heterocycles. The van der Waals surface area contributed by atoms with Gasteiger partial charge in [-0.2, -0.15) is 0 Å². The number of aromatic nitrogens is 4. The average Bonchev–Trinajstić information content (AvgIpc) is 2.97. The van der Waals surface area contributed by atoms with E-state index in [9.17, 15) is 8.42 Å². The maximum atomic E-state index is 12.4. The van der Waals surface area contributed by atoms with Crippen LogP contribution in [0.25, 0.3) is 0 Å². The molecule has 0 radical (unpaired) electrons. The SMILES string of the molecule is CNCc1cc(S(=O)(=O)NC(C)c2nncn2C)cn1C. The summed E-state index contributed by atoms with van der Waals surface area (Å²) in [5, 5.41) is 10.7. The van der Waals surface area contributed by atoms with Crippen LogP contribution in [0.15, 0.2) is 23.5 Å². The summed E-state index contributed by atoms with van der Waals surface area (Å²) in [6.07, 6.45) is 3.13. The van der Waals surface area contributed by atoms with Gasteiger partial charge in [-0.25, -0.2) is 13.1 Å². The second kappa shape index (κ2) is 5.96. The summed E-state index contributed by atoms with van der Waals surface area (Å²) in [6.45, 7) is 2.34. The number of rotatable bonds is 6. The van der Waals surface area contributed by atoms with Crippen LogP contribution in [0.2, 0.25) is 0 Å². The molecule has 2 heterocycles. The van der Waals surface area contributed by atoms with E-state index in [4.69, 9.17) is 0 Å². The summed E-state index contributed by atoms with van der Waals surface area (Å²) in [6, 6.07) is 1.19. The van der Waals surface area contributed by atoms with Crippen molar-refractivity contribution in [3.05, 3.63) is 30.1 Å². The second-order valence-corrected chi connectivity index (χ2v) is 6.67. The Kier molecular flexibility index (Phi) is 4.45. The highest BCUT2D eigenvalue weighted by atomic mass is 32.2. The fourth-order valence-electron chi connectivity index (χ4n) is 2.12. The minimum atomic E-state index is -3.60. The van der Waals surface area contributed by atoms with Crippen LogP contribution in [-0.2, 0) is 30.7 Å². The van der Waals surface area contributed by atoms with Crippen molar-refractivity contribution in [3.63, 3.8) is 0 Å². The number of nitrogens with zero attached hydrogens (tertiary/aromatic N) is 4. The van der Waals surface area contributed by atoms with Gasteiger partial charge < -0.3 is 14.5 Å². The third-order valence-electron chi connectivity index (χ3n) is 3.22. The van der Waals surface area contributed by atoms with Crippen molar-refractivity contribution in [2.75, 3.05) is 7.05 Å². The van der Waals surface area contributed by atoms with Crippen molar-refractivity contribution < 1.29 is 8.42 Å². The molecule has 8 nitrogen and oxygen atoms in total. The van der Waals surface area contributed by atoms with E-state index in [2.05, 4.69) is 20.2 Å². The molecule has 0 bridgehead atoms. The Bertz CT molecular complexity index is 718. The van der Waals surface area contributed by atoms with E-state index in [1.54, 1.807) is 35.4 Å². The molecule has 1 atom stereocenters. The first-order valence-corrected chi connectivity index (χ1v) is 7.99. The van der Waals surface area contributed by atoms with Crippen LogP contribution < -0.4 is 10.0 Å². The Morgan fingerprint density at radius 1 is 1.33 bits per heavy atom. The molecule has 2 N–H and O–H groups in total. The molecule has 0 saturated heterocycles. The quantitative estimate of drug-likeness (QED) is 0.777. The lowest BCUT2D eigenvalue weighted by atomic mass is 10.3. The summed E-state index contributed by atoms with van der Waals surface area (Å²) >= 11 is 0. The highest BCUT2D eigenvalue weighted by Crippen LogP contribution is 2.17. The molecule has 0 amide bonds. The summed E-state index contributed by atoms with van der Waals surface area (Å²) in [7, 11) is 1.80. The third-order valence-corrected chi connectivity index (χ3v) is 4.72. The Hall–Kier alpha value is -1.71. The van der Waals surface area contributed by atoms with E-state index in [0.29, 0.717) is 12.4 Å². The average molecular weight is 312 g/mol. The van der Waals surface area contributed by atoms with Crippen molar-refractivity contribution in [2.24, 2.45) is 14.1 Å². The molecule has 2 rings (SSSR count). The van der Waals surface area contributed by atoms with Crippen molar-refractivity contribution in [3.8, 4) is 0 Å². The Labute approximate surface area is 124 Å². The predicted octanol–water partition coefficient (Wildman–Crippen LogP) is -0.0875. The number of aryl methyl sites for hydroxylation is 2. The molecule has 2 aromatic heterocycles. The zero-order chi connectivity index (χ0) is 15.6. The number of nitrogens with one attached hydrogen (secondary N) is 2. The Morgan fingerprint density at radius 3 is 2.62 bits per heavy atom. The van der Waals surface area contributed by atoms with Crippen LogP contribution in [0.1, 0.15) is 24.5 Å². The third kappa shape index (κ3) is 3.31. The Morgan fingerprint density at radius 2 is 2.05 bits per heavy atom. The highest BCUT2D eigenvalue weighted by Gasteiger charge is 2.22. The summed E-state index contributed by atoms with van der Waals surface area (Å²) in [5.41, 5.74) is 0.893. The monoisotopic (exact) mass is 312 g/mol. The minimum Gasteiger partial charge on any atom is -0.352 e. The summed E-state index contributed by atoms with van der Waals surface area (Å²) in [4.78, 5) is 0.240. The summed E-state index contributed by atoms with van der Waals surface area (Å²) < 4.78 is 30.9. The van der Waals surface area contributed by atoms with E-state index >= 15 is 0 Å². The maximum Gasteiger partial charge on any atom is 0.242 e. The van der Waals surface area contributed by atoms with Gasteiger partial charge >= 0.3 is 0 Å². The zero-order valence-electron chi connectivity index (χ0n) is 12.5. The van der Waals surface area contributed by atoms with Crippen LogP contribution in [0.4, 0.5) is 0 Å². The van der Waals surface area contributed by atoms with Crippen LogP contribution in [0.3, 0.4) is 0 Å². The molecule has 0 saturated carbocycles. The van der Waals surface area contributed by atoms with Gasteiger partial charge in [-0.05, 0) is 20.0 Å². The lowest BCUT2D eigenvalue weighted by Crippen LogP contribution is -2.28. The molecule has 0 aliphatic rings. The van der Waals surface area contributed by atoms with Gasteiger partial charge in [0.2, 0.25) is 10.0 Å². The number of hydrogen-bond acceptors (Lipinski definition) is 5. The highest BCUT2D eigenvalue weighted by molar-refractivity contribution is 7.89. The first-order chi connectivity index (χ1) is 9.85. The smallest absolute Gasteiger partial charge is 0.242 e. The van der Waals surface area contributed by atoms with Gasteiger partial charge in [0.05, 0.1) is 10.9 Å². The van der Waals surface area contributed by atoms with Gasteiger partial charge in [0.25, 0.3) is 0 Å². The molecule has 116 valence electrons. The molecule has 0 spiro atoms. The number of sulfonamides is 1. The summed E-state index contributed by atoms with van der Waals surface area (Å²) in [5.74, 6) is 0.560. The number of hydrogen-bond donors (Lipinski definition) is 2. The minimum absolute atomic E-state index is 0.240. The first-order valence-electron chi connectivity index (χ1n) is 6.51. The van der Waals surface area contributed by atoms with Crippen LogP contribution in [-0.4, -0.2) is 34.8 Å². The molecule has 0 aromatic carbocycles. The van der Waals surface area contributed by atoms with Crippen molar-refractivity contribution in [1.82, 2.24) is 29.4 Å². The van der Waals surface area contributed by atoms with Gasteiger partial charge in [0.15, 0.2) is 0 Å². The van der Waals surface area contributed by atoms with Gasteiger partial charge in [0.1, 0.15) is 12.2 Å². The molecule has 0 aliphatic carbocycles. The first kappa shape index (κ1) is 15.7. The molecule has 1 unspecified atom stereocenters. The van der Waals surface area contributed by atoms with Gasteiger partial charge in [-0.3, -0.25) is 0 Å². The van der Waals surface area contributed by atoms with Gasteiger partial charge in [0, 0.05) is 32.5 Å². The Balaban J connectivity index is 2.22. The molecule has 0 fully saturated rings. The predicted molar refractivity (Wildman–Crippen MR) is 77.9 cm³/mol. The van der Waals surface area contributed by atoms with Crippen LogP contribution >= 0.6 is 0 Å². The molecule has 9 heteroatoms. The van der Waals surface area contributed by atoms with Crippen molar-refractivity contribution >= 4 is 10.0 Å². The van der Waals surface area contributed by atoms with Crippen molar-refractivity contribution in [2.45, 2.75) is 24.4 Å². The van der Waals surface area contributed by atoms with Gasteiger partial charge in [-0.15, -0.1) is 10.2 Å². The second-order valence-electron chi connectivity index (χ2n) is 4.95. The fraction of sp³-hybridized carbons (Fsp3) is 0.500. The zero-order valence-corrected chi connectivity index (χ0v) is 13.3. The van der Waals surface area contributed by atoms with Crippen LogP contribution in [0.5, 0.6) is 0 Å². The van der Waals surface area contributed by atoms with E-state index in [1.165, 1.54) is 6.33 Å². The lowest BCUT2D eigenvalue weighted by molar-refractivity contribution is 0.553. The van der Waals surface area contributed by atoms with Crippen LogP contribution in [0, 0.1) is 0 Å². The lowest BCUT2D eigenvalue weighted by Gasteiger charge is -2.12. The normalized spacial score (nSPS) is 13.5. The molecular weight excluding hydrogens is 292 g/mol. The topological polar surface area (TPSA) is 93.8 Å². The van der Waals surface area contributed by atoms with Crippen molar-refractivity contribution in [1.29, 1.82) is 0 Å². The van der Waals surface area contributed by atoms with E-state index in [-0.39, 0.29) is 4.90 Å². The van der Waals surface area contributed by atoms with E-state index < -0.39 is 16.1 Å². The fourth-order valence-corrected chi connectivity index (χ4v) is 3.41. The standard InChI is InChI=1S/C12H20N6O2S/c1-9(12-15-14-8-18(12)4)16-21(19,20)11-5-10(6-13-2)17(3)7-11/h5,7-9,13,16H,6H2,1-4H3. The molecular formula is C12H20N6O2S. The molecule has 21 heavy (non-hydrogen) atoms. The molecule has 2 aromatic rings. The van der Waals surface area contributed by atoms with E-state index in [1.807, 2.05) is 14.1 Å². The van der Waals surface area contributed by atoms with Gasteiger partial charge in [-0.1, -0.05) is 0 Å². The maximum absolute atomic E-state index is 12.4.